The van der Waals surface area contributed by atoms with Crippen LogP contribution < -0.4 is 9.46 Å². The zero-order valence-electron chi connectivity index (χ0n) is 13.2. The van der Waals surface area contributed by atoms with E-state index in [1.165, 1.54) is 28.9 Å². The fourth-order valence-corrected chi connectivity index (χ4v) is 3.30. The lowest BCUT2D eigenvalue weighted by Gasteiger charge is -2.08. The number of nitrogens with zero attached hydrogens (tertiary/aromatic N) is 4. The van der Waals surface area contributed by atoms with Gasteiger partial charge >= 0.3 is 0 Å². The summed E-state index contributed by atoms with van der Waals surface area (Å²) < 4.78 is 47.5. The number of aryl methyl sites for hydroxylation is 1. The summed E-state index contributed by atoms with van der Waals surface area (Å²) in [6.45, 7) is 3.64. The van der Waals surface area contributed by atoms with Gasteiger partial charge in [-0.1, -0.05) is 11.6 Å². The van der Waals surface area contributed by atoms with Gasteiger partial charge in [0.1, 0.15) is 5.69 Å². The molecule has 0 saturated carbocycles. The Balaban J connectivity index is 2.07. The van der Waals surface area contributed by atoms with E-state index in [1.54, 1.807) is 13.8 Å². The molecule has 132 valence electrons. The van der Waals surface area contributed by atoms with Crippen molar-refractivity contribution in [1.29, 1.82) is 0 Å². The second-order valence-electron chi connectivity index (χ2n) is 5.01. The van der Waals surface area contributed by atoms with E-state index in [1.807, 2.05) is 0 Å². The molecule has 0 fully saturated rings. The fraction of sp³-hybridized carbons (Fsp3) is 0.214. The molecule has 0 atom stereocenters. The quantitative estimate of drug-likeness (QED) is 0.677. The van der Waals surface area contributed by atoms with Gasteiger partial charge in [-0.3, -0.25) is 4.72 Å². The van der Waals surface area contributed by atoms with Crippen LogP contribution in [-0.4, -0.2) is 34.6 Å². The van der Waals surface area contributed by atoms with Crippen LogP contribution in [0.3, 0.4) is 0 Å². The van der Waals surface area contributed by atoms with Crippen molar-refractivity contribution in [2.75, 3.05) is 11.3 Å². The number of pyridine rings is 2. The van der Waals surface area contributed by atoms with Gasteiger partial charge in [-0.2, -0.15) is 22.3 Å². The standard InChI is InChI=1S/C14H13ClFN5O3S/c1-3-24-11-7-9(15)6-10-18-14(19-21(10)11)25(22,23)20-12-8(2)4-5-17-13(12)16/h4-7,20H,3H2,1-2H3. The van der Waals surface area contributed by atoms with Crippen LogP contribution in [0.1, 0.15) is 12.5 Å². The lowest BCUT2D eigenvalue weighted by atomic mass is 10.2. The third-order valence-electron chi connectivity index (χ3n) is 3.23. The Hall–Kier alpha value is -2.46. The van der Waals surface area contributed by atoms with E-state index >= 15 is 0 Å². The molecular formula is C14H13ClFN5O3S. The Morgan fingerprint density at radius 3 is 2.84 bits per heavy atom. The average Bonchev–Trinajstić information content (AvgIpc) is 2.96. The number of halogens is 2. The number of aromatic nitrogens is 4. The number of fused-ring (bicyclic) bond motifs is 1. The van der Waals surface area contributed by atoms with E-state index in [4.69, 9.17) is 16.3 Å². The van der Waals surface area contributed by atoms with E-state index in [0.717, 1.165) is 0 Å². The number of hydrogen-bond donors (Lipinski definition) is 1. The van der Waals surface area contributed by atoms with E-state index in [2.05, 4.69) is 19.8 Å². The monoisotopic (exact) mass is 385 g/mol. The summed E-state index contributed by atoms with van der Waals surface area (Å²) in [5.74, 6) is -0.701. The van der Waals surface area contributed by atoms with E-state index in [9.17, 15) is 12.8 Å². The summed E-state index contributed by atoms with van der Waals surface area (Å²) in [4.78, 5) is 7.37. The maximum absolute atomic E-state index is 13.8. The Morgan fingerprint density at radius 1 is 1.40 bits per heavy atom. The van der Waals surface area contributed by atoms with Crippen LogP contribution in [0.25, 0.3) is 5.65 Å². The third-order valence-corrected chi connectivity index (χ3v) is 4.58. The highest BCUT2D eigenvalue weighted by atomic mass is 35.5. The van der Waals surface area contributed by atoms with Gasteiger partial charge in [0.2, 0.25) is 11.8 Å². The van der Waals surface area contributed by atoms with Gasteiger partial charge in [0.05, 0.1) is 6.61 Å². The predicted molar refractivity (Wildman–Crippen MR) is 88.9 cm³/mol. The topological polar surface area (TPSA) is 98.5 Å². The first kappa shape index (κ1) is 17.4. The predicted octanol–water partition coefficient (Wildman–Crippen LogP) is 2.42. The summed E-state index contributed by atoms with van der Waals surface area (Å²) >= 11 is 5.97. The zero-order chi connectivity index (χ0) is 18.2. The van der Waals surface area contributed by atoms with Gasteiger partial charge in [-0.05, 0) is 25.5 Å². The zero-order valence-corrected chi connectivity index (χ0v) is 14.8. The first-order chi connectivity index (χ1) is 11.8. The molecule has 0 aliphatic carbocycles. The van der Waals surface area contributed by atoms with Crippen LogP contribution in [0.4, 0.5) is 10.1 Å². The van der Waals surface area contributed by atoms with Gasteiger partial charge in [0.25, 0.3) is 15.2 Å². The average molecular weight is 386 g/mol. The number of nitrogens with one attached hydrogen (secondary N) is 1. The SMILES string of the molecule is CCOc1cc(Cl)cc2nc(S(=O)(=O)Nc3c(C)ccnc3F)nn12. The van der Waals surface area contributed by atoms with Crippen molar-refractivity contribution in [3.05, 3.63) is 40.9 Å². The van der Waals surface area contributed by atoms with E-state index in [0.29, 0.717) is 17.2 Å². The van der Waals surface area contributed by atoms with Crippen LogP contribution >= 0.6 is 11.6 Å². The smallest absolute Gasteiger partial charge is 0.299 e. The molecule has 1 N–H and O–H groups in total. The molecule has 3 rings (SSSR count). The highest BCUT2D eigenvalue weighted by Gasteiger charge is 2.24. The number of anilines is 1. The minimum atomic E-state index is -4.24. The van der Waals surface area contributed by atoms with Gasteiger partial charge in [-0.15, -0.1) is 5.10 Å². The molecule has 8 nitrogen and oxygen atoms in total. The van der Waals surface area contributed by atoms with Crippen LogP contribution in [0, 0.1) is 12.9 Å². The van der Waals surface area contributed by atoms with Gasteiger partial charge in [0, 0.05) is 23.4 Å². The van der Waals surface area contributed by atoms with Crippen molar-refractivity contribution in [2.24, 2.45) is 0 Å². The number of ether oxygens (including phenoxy) is 1. The maximum atomic E-state index is 13.8. The van der Waals surface area contributed by atoms with Gasteiger partial charge in [0.15, 0.2) is 5.65 Å². The van der Waals surface area contributed by atoms with Crippen LogP contribution in [0.2, 0.25) is 5.02 Å². The number of hydrogen-bond acceptors (Lipinski definition) is 6. The van der Waals surface area contributed by atoms with Crippen LogP contribution in [0.15, 0.2) is 29.6 Å². The molecular weight excluding hydrogens is 373 g/mol. The first-order valence-corrected chi connectivity index (χ1v) is 9.01. The van der Waals surface area contributed by atoms with E-state index < -0.39 is 21.1 Å². The summed E-state index contributed by atoms with van der Waals surface area (Å²) in [6, 6.07) is 4.40. The van der Waals surface area contributed by atoms with Crippen LogP contribution in [-0.2, 0) is 10.0 Å². The Kier molecular flexibility index (Phi) is 4.48. The molecule has 0 saturated heterocycles. The van der Waals surface area contributed by atoms with Crippen molar-refractivity contribution < 1.29 is 17.5 Å². The highest BCUT2D eigenvalue weighted by Crippen LogP contribution is 2.24. The third kappa shape index (κ3) is 3.35. The van der Waals surface area contributed by atoms with Crippen molar-refractivity contribution in [2.45, 2.75) is 19.0 Å². The lowest BCUT2D eigenvalue weighted by molar-refractivity contribution is 0.317. The van der Waals surface area contributed by atoms with Crippen molar-refractivity contribution in [1.82, 2.24) is 19.6 Å². The van der Waals surface area contributed by atoms with Gasteiger partial charge < -0.3 is 4.74 Å². The Morgan fingerprint density at radius 2 is 2.16 bits per heavy atom. The molecule has 0 unspecified atom stereocenters. The van der Waals surface area contributed by atoms with Crippen molar-refractivity contribution in [3.63, 3.8) is 0 Å². The molecule has 25 heavy (non-hydrogen) atoms. The van der Waals surface area contributed by atoms with E-state index in [-0.39, 0.29) is 17.2 Å². The van der Waals surface area contributed by atoms with Crippen molar-refractivity contribution in [3.8, 4) is 5.88 Å². The summed E-state index contributed by atoms with van der Waals surface area (Å²) in [5.41, 5.74) is 0.294. The molecule has 0 aromatic carbocycles. The number of rotatable bonds is 5. The highest BCUT2D eigenvalue weighted by molar-refractivity contribution is 7.92. The second-order valence-corrected chi connectivity index (χ2v) is 7.02. The molecule has 11 heteroatoms. The Labute approximate surface area is 147 Å². The molecule has 0 bridgehead atoms. The molecule has 0 radical (unpaired) electrons. The minimum absolute atomic E-state index is 0.180. The number of sulfonamides is 1. The fourth-order valence-electron chi connectivity index (χ4n) is 2.10. The molecule has 0 spiro atoms. The molecule has 3 aromatic rings. The van der Waals surface area contributed by atoms with Gasteiger partial charge in [-0.25, -0.2) is 4.98 Å². The second kappa shape index (κ2) is 6.45. The normalized spacial score (nSPS) is 11.7. The molecule has 0 amide bonds. The van der Waals surface area contributed by atoms with Crippen LogP contribution in [0.5, 0.6) is 5.88 Å². The van der Waals surface area contributed by atoms with Crippen molar-refractivity contribution >= 4 is 33.0 Å². The molecule has 0 aliphatic heterocycles. The summed E-state index contributed by atoms with van der Waals surface area (Å²) in [5, 5.41) is 3.70. The molecule has 3 heterocycles. The Bertz CT molecular complexity index is 1030. The summed E-state index contributed by atoms with van der Waals surface area (Å²) in [7, 11) is -4.24. The lowest BCUT2D eigenvalue weighted by Crippen LogP contribution is -2.17. The minimum Gasteiger partial charge on any atom is -0.478 e. The maximum Gasteiger partial charge on any atom is 0.299 e. The molecule has 0 aliphatic rings. The summed E-state index contributed by atoms with van der Waals surface area (Å²) in [6.07, 6.45) is 1.24. The molecule has 3 aromatic heterocycles. The first-order valence-electron chi connectivity index (χ1n) is 7.15. The largest absolute Gasteiger partial charge is 0.478 e.